The first kappa shape index (κ1) is 14.7. The minimum atomic E-state index is 0.0207. The van der Waals surface area contributed by atoms with E-state index in [9.17, 15) is 9.59 Å². The number of rotatable bonds is 4. The summed E-state index contributed by atoms with van der Waals surface area (Å²) in [6, 6.07) is 13.6. The molecule has 0 aliphatic carbocycles. The number of Topliss-reactive ketones (excluding diaryl/α,β-unsaturated/α-hetero) is 1. The molecule has 0 bridgehead atoms. The van der Waals surface area contributed by atoms with Crippen molar-refractivity contribution in [2.75, 3.05) is 26.3 Å². The number of ether oxygens (including phenoxy) is 1. The Bertz CT molecular complexity index is 690. The highest BCUT2D eigenvalue weighted by Gasteiger charge is 2.18. The Morgan fingerprint density at radius 1 is 0.955 bits per heavy atom. The molecule has 0 N–H and O–H groups in total. The van der Waals surface area contributed by atoms with E-state index in [1.54, 1.807) is 4.90 Å². The van der Waals surface area contributed by atoms with Gasteiger partial charge in [-0.15, -0.1) is 0 Å². The Hall–Kier alpha value is -2.20. The molecule has 4 heteroatoms. The summed E-state index contributed by atoms with van der Waals surface area (Å²) in [5.41, 5.74) is 0.675. The number of hydrogen-bond acceptors (Lipinski definition) is 3. The number of benzene rings is 2. The number of fused-ring (bicyclic) bond motifs is 1. The summed E-state index contributed by atoms with van der Waals surface area (Å²) in [5.74, 6) is 0.0600. The average Bonchev–Trinajstić information content (AvgIpc) is 2.59. The van der Waals surface area contributed by atoms with Crippen LogP contribution >= 0.6 is 0 Å². The third-order valence-corrected chi connectivity index (χ3v) is 4.00. The molecule has 2 aromatic rings. The van der Waals surface area contributed by atoms with Crippen molar-refractivity contribution < 1.29 is 14.3 Å². The number of carbonyl (C=O) groups excluding carboxylic acids is 2. The van der Waals surface area contributed by atoms with E-state index in [2.05, 4.69) is 0 Å². The van der Waals surface area contributed by atoms with Gasteiger partial charge in [0.15, 0.2) is 5.78 Å². The average molecular weight is 297 g/mol. The molecule has 0 aromatic heterocycles. The molecule has 4 nitrogen and oxygen atoms in total. The lowest BCUT2D eigenvalue weighted by atomic mass is 10.0. The van der Waals surface area contributed by atoms with Crippen molar-refractivity contribution >= 4 is 22.5 Å². The number of hydrogen-bond donors (Lipinski definition) is 0. The number of nitrogens with zero attached hydrogens (tertiary/aromatic N) is 1. The highest BCUT2D eigenvalue weighted by Crippen LogP contribution is 2.17. The predicted octanol–water partition coefficient (Wildman–Crippen LogP) is 2.66. The Balaban J connectivity index is 1.61. The van der Waals surface area contributed by atoms with Crippen molar-refractivity contribution in [3.8, 4) is 0 Å². The van der Waals surface area contributed by atoms with Crippen molar-refractivity contribution in [1.82, 2.24) is 4.90 Å². The summed E-state index contributed by atoms with van der Waals surface area (Å²) >= 11 is 0. The summed E-state index contributed by atoms with van der Waals surface area (Å²) < 4.78 is 5.22. The molecule has 1 fully saturated rings. The van der Waals surface area contributed by atoms with Gasteiger partial charge in [0.25, 0.3) is 0 Å². The topological polar surface area (TPSA) is 46.6 Å². The first-order valence-corrected chi connectivity index (χ1v) is 7.61. The molecule has 0 spiro atoms. The van der Waals surface area contributed by atoms with E-state index in [4.69, 9.17) is 4.74 Å². The molecule has 1 aliphatic heterocycles. The highest BCUT2D eigenvalue weighted by molar-refractivity contribution is 6.01. The molecule has 1 amide bonds. The van der Waals surface area contributed by atoms with E-state index in [0.29, 0.717) is 31.9 Å². The first-order valence-electron chi connectivity index (χ1n) is 7.61. The summed E-state index contributed by atoms with van der Waals surface area (Å²) in [4.78, 5) is 26.1. The molecule has 3 rings (SSSR count). The monoisotopic (exact) mass is 297 g/mol. The first-order chi connectivity index (χ1) is 10.7. The minimum absolute atomic E-state index is 0.0207. The number of carbonyl (C=O) groups is 2. The zero-order chi connectivity index (χ0) is 15.4. The number of morpholine rings is 1. The second-order valence-corrected chi connectivity index (χ2v) is 5.48. The van der Waals surface area contributed by atoms with Crippen LogP contribution in [0.1, 0.15) is 23.2 Å². The molecule has 0 atom stereocenters. The van der Waals surface area contributed by atoms with E-state index in [1.807, 2.05) is 42.5 Å². The number of amides is 1. The minimum Gasteiger partial charge on any atom is -0.378 e. The molecule has 22 heavy (non-hydrogen) atoms. The SMILES string of the molecule is O=C(CCC(=O)N1CCOCC1)c1ccc2ccccc2c1. The lowest BCUT2D eigenvalue weighted by Crippen LogP contribution is -2.40. The smallest absolute Gasteiger partial charge is 0.223 e. The van der Waals surface area contributed by atoms with Gasteiger partial charge in [0.1, 0.15) is 0 Å². The maximum Gasteiger partial charge on any atom is 0.223 e. The van der Waals surface area contributed by atoms with Crippen LogP contribution in [0.5, 0.6) is 0 Å². The van der Waals surface area contributed by atoms with Crippen LogP contribution in [-0.4, -0.2) is 42.9 Å². The van der Waals surface area contributed by atoms with Gasteiger partial charge in [-0.1, -0.05) is 36.4 Å². The van der Waals surface area contributed by atoms with Crippen molar-refractivity contribution in [2.24, 2.45) is 0 Å². The summed E-state index contributed by atoms with van der Waals surface area (Å²) in [6.45, 7) is 2.43. The second kappa shape index (κ2) is 6.71. The summed E-state index contributed by atoms with van der Waals surface area (Å²) in [6.07, 6.45) is 0.528. The fraction of sp³-hybridized carbons (Fsp3) is 0.333. The largest absolute Gasteiger partial charge is 0.378 e. The van der Waals surface area contributed by atoms with Crippen LogP contribution in [-0.2, 0) is 9.53 Å². The normalized spacial score (nSPS) is 15.0. The van der Waals surface area contributed by atoms with E-state index in [1.165, 1.54) is 0 Å². The molecule has 114 valence electrons. The molecule has 0 radical (unpaired) electrons. The van der Waals surface area contributed by atoms with Gasteiger partial charge in [-0.05, 0) is 16.8 Å². The molecular formula is C18H19NO3. The van der Waals surface area contributed by atoms with Crippen molar-refractivity contribution in [1.29, 1.82) is 0 Å². The van der Waals surface area contributed by atoms with Crippen LogP contribution in [0.25, 0.3) is 10.8 Å². The fourth-order valence-corrected chi connectivity index (χ4v) is 2.70. The molecule has 1 saturated heterocycles. The van der Waals surface area contributed by atoms with Crippen LogP contribution in [0.3, 0.4) is 0 Å². The van der Waals surface area contributed by atoms with Gasteiger partial charge in [-0.25, -0.2) is 0 Å². The van der Waals surface area contributed by atoms with Crippen molar-refractivity contribution in [3.63, 3.8) is 0 Å². The van der Waals surface area contributed by atoms with Gasteiger partial charge < -0.3 is 9.64 Å². The Morgan fingerprint density at radius 3 is 2.45 bits per heavy atom. The standard InChI is InChI=1S/C18H19NO3/c20-17(7-8-18(21)19-9-11-22-12-10-19)16-6-5-14-3-1-2-4-15(14)13-16/h1-6,13H,7-12H2. The predicted molar refractivity (Wildman–Crippen MR) is 84.9 cm³/mol. The van der Waals surface area contributed by atoms with E-state index >= 15 is 0 Å². The zero-order valence-corrected chi connectivity index (χ0v) is 12.5. The molecule has 1 heterocycles. The van der Waals surface area contributed by atoms with Crippen LogP contribution in [0.4, 0.5) is 0 Å². The van der Waals surface area contributed by atoms with Crippen LogP contribution in [0.15, 0.2) is 42.5 Å². The third kappa shape index (κ3) is 3.34. The van der Waals surface area contributed by atoms with Gasteiger partial charge >= 0.3 is 0 Å². The van der Waals surface area contributed by atoms with Gasteiger partial charge in [0.2, 0.25) is 5.91 Å². The van der Waals surface area contributed by atoms with E-state index in [-0.39, 0.29) is 24.5 Å². The molecule has 1 aliphatic rings. The third-order valence-electron chi connectivity index (χ3n) is 4.00. The maximum atomic E-state index is 12.3. The second-order valence-electron chi connectivity index (χ2n) is 5.48. The Morgan fingerprint density at radius 2 is 1.68 bits per heavy atom. The van der Waals surface area contributed by atoms with Crippen LogP contribution < -0.4 is 0 Å². The Kier molecular flexibility index (Phi) is 4.49. The van der Waals surface area contributed by atoms with E-state index < -0.39 is 0 Å². The maximum absolute atomic E-state index is 12.3. The number of ketones is 1. The van der Waals surface area contributed by atoms with Gasteiger partial charge in [-0.2, -0.15) is 0 Å². The fourth-order valence-electron chi connectivity index (χ4n) is 2.70. The molecule has 2 aromatic carbocycles. The van der Waals surface area contributed by atoms with Gasteiger partial charge in [0, 0.05) is 31.5 Å². The van der Waals surface area contributed by atoms with Gasteiger partial charge in [-0.3, -0.25) is 9.59 Å². The van der Waals surface area contributed by atoms with Crippen LogP contribution in [0.2, 0.25) is 0 Å². The molecular weight excluding hydrogens is 278 g/mol. The zero-order valence-electron chi connectivity index (χ0n) is 12.5. The van der Waals surface area contributed by atoms with E-state index in [0.717, 1.165) is 10.8 Å². The lowest BCUT2D eigenvalue weighted by molar-refractivity contribution is -0.135. The Labute approximate surface area is 129 Å². The van der Waals surface area contributed by atoms with Crippen molar-refractivity contribution in [2.45, 2.75) is 12.8 Å². The molecule has 0 saturated carbocycles. The summed E-state index contributed by atoms with van der Waals surface area (Å²) in [7, 11) is 0. The van der Waals surface area contributed by atoms with Crippen LogP contribution in [0, 0.1) is 0 Å². The quantitative estimate of drug-likeness (QED) is 0.815. The van der Waals surface area contributed by atoms with Gasteiger partial charge in [0.05, 0.1) is 13.2 Å². The molecule has 0 unspecified atom stereocenters. The summed E-state index contributed by atoms with van der Waals surface area (Å²) in [5, 5.41) is 2.16. The van der Waals surface area contributed by atoms with Crippen molar-refractivity contribution in [3.05, 3.63) is 48.0 Å². The highest BCUT2D eigenvalue weighted by atomic mass is 16.5. The lowest BCUT2D eigenvalue weighted by Gasteiger charge is -2.26.